The summed E-state index contributed by atoms with van der Waals surface area (Å²) in [6.07, 6.45) is 0.149. The molecule has 0 amide bonds. The maximum absolute atomic E-state index is 12.3. The second-order valence-electron chi connectivity index (χ2n) is 7.23. The van der Waals surface area contributed by atoms with Crippen molar-refractivity contribution in [2.75, 3.05) is 27.4 Å². The summed E-state index contributed by atoms with van der Waals surface area (Å²) < 4.78 is 21.9. The van der Waals surface area contributed by atoms with Crippen LogP contribution in [0.1, 0.15) is 36.5 Å². The van der Waals surface area contributed by atoms with Gasteiger partial charge in [0.1, 0.15) is 11.7 Å². The Bertz CT molecular complexity index is 714. The van der Waals surface area contributed by atoms with Crippen molar-refractivity contribution in [2.45, 2.75) is 31.0 Å². The molecular weight excluding hydrogens is 324 g/mol. The number of benzene rings is 1. The van der Waals surface area contributed by atoms with Gasteiger partial charge in [-0.25, -0.2) is 0 Å². The van der Waals surface area contributed by atoms with E-state index in [1.165, 1.54) is 14.2 Å². The van der Waals surface area contributed by atoms with Crippen LogP contribution in [0.25, 0.3) is 0 Å². The van der Waals surface area contributed by atoms with Crippen molar-refractivity contribution in [1.29, 1.82) is 0 Å². The van der Waals surface area contributed by atoms with Crippen LogP contribution in [0.4, 0.5) is 0 Å². The van der Waals surface area contributed by atoms with E-state index >= 15 is 0 Å². The summed E-state index contributed by atoms with van der Waals surface area (Å²) in [6, 6.07) is 7.85. The van der Waals surface area contributed by atoms with Crippen LogP contribution in [-0.4, -0.2) is 45.0 Å². The second kappa shape index (κ2) is 5.54. The number of ether oxygens (including phenoxy) is 4. The van der Waals surface area contributed by atoms with E-state index in [-0.39, 0.29) is 11.3 Å². The number of fused-ring (bicyclic) bond motifs is 3. The van der Waals surface area contributed by atoms with Crippen molar-refractivity contribution in [1.82, 2.24) is 0 Å². The third-order valence-corrected chi connectivity index (χ3v) is 6.23. The number of esters is 2. The van der Waals surface area contributed by atoms with Gasteiger partial charge in [-0.1, -0.05) is 31.2 Å². The Labute approximate surface area is 146 Å². The fourth-order valence-electron chi connectivity index (χ4n) is 4.83. The van der Waals surface area contributed by atoms with E-state index in [2.05, 4.69) is 13.0 Å². The van der Waals surface area contributed by atoms with Gasteiger partial charge < -0.3 is 18.9 Å². The summed E-state index contributed by atoms with van der Waals surface area (Å²) >= 11 is 0. The number of hydrogen-bond donors (Lipinski definition) is 0. The minimum Gasteiger partial charge on any atom is -0.468 e. The number of methoxy groups -OCH3 is 2. The Morgan fingerprint density at radius 3 is 2.44 bits per heavy atom. The van der Waals surface area contributed by atoms with Gasteiger partial charge in [0.05, 0.1) is 20.8 Å². The molecule has 25 heavy (non-hydrogen) atoms. The molecule has 1 aliphatic carbocycles. The third-order valence-electron chi connectivity index (χ3n) is 6.23. The summed E-state index contributed by atoms with van der Waals surface area (Å²) in [5, 5.41) is 0. The Morgan fingerprint density at radius 2 is 1.80 bits per heavy atom. The molecule has 6 nitrogen and oxygen atoms in total. The van der Waals surface area contributed by atoms with Crippen molar-refractivity contribution >= 4 is 11.9 Å². The number of hydrogen-bond acceptors (Lipinski definition) is 6. The maximum atomic E-state index is 12.3. The van der Waals surface area contributed by atoms with Crippen LogP contribution in [0.2, 0.25) is 0 Å². The fourth-order valence-corrected chi connectivity index (χ4v) is 4.83. The standard InChI is InChI=1S/C19H22O6/c1-18-8-9-24-10-19(18)15(18)12-7-5-4-6-11(12)14(25-19)13(16(20)22-2)17(21)23-3/h4-7,13-15H,8-10H2,1-3H3/t14-,15+,18-,19-/m1/s1. The van der Waals surface area contributed by atoms with E-state index in [1.807, 2.05) is 18.2 Å². The molecule has 2 aliphatic heterocycles. The van der Waals surface area contributed by atoms with Crippen LogP contribution in [0.3, 0.4) is 0 Å². The van der Waals surface area contributed by atoms with E-state index < -0.39 is 29.6 Å². The molecule has 1 aromatic rings. The van der Waals surface area contributed by atoms with Gasteiger partial charge in [-0.2, -0.15) is 0 Å². The number of rotatable bonds is 3. The lowest BCUT2D eigenvalue weighted by Gasteiger charge is -2.36. The Balaban J connectivity index is 1.82. The summed E-state index contributed by atoms with van der Waals surface area (Å²) in [7, 11) is 2.53. The van der Waals surface area contributed by atoms with E-state index in [0.29, 0.717) is 13.2 Å². The topological polar surface area (TPSA) is 71.1 Å². The number of carbonyl (C=O) groups excluding carboxylic acids is 2. The molecule has 4 atom stereocenters. The van der Waals surface area contributed by atoms with Crippen molar-refractivity contribution in [3.8, 4) is 0 Å². The first-order valence-electron chi connectivity index (χ1n) is 8.50. The molecular formula is C19H22O6. The summed E-state index contributed by atoms with van der Waals surface area (Å²) in [4.78, 5) is 24.7. The van der Waals surface area contributed by atoms with Gasteiger partial charge in [0, 0.05) is 17.9 Å². The Morgan fingerprint density at radius 1 is 1.16 bits per heavy atom. The molecule has 4 rings (SSSR count). The molecule has 6 heteroatoms. The lowest BCUT2D eigenvalue weighted by Crippen LogP contribution is -2.42. The normalized spacial score (nSPS) is 35.2. The highest BCUT2D eigenvalue weighted by molar-refractivity contribution is 5.96. The summed E-state index contributed by atoms with van der Waals surface area (Å²) in [5.41, 5.74) is 1.44. The van der Waals surface area contributed by atoms with Crippen LogP contribution in [0, 0.1) is 11.3 Å². The van der Waals surface area contributed by atoms with Crippen molar-refractivity contribution in [2.24, 2.45) is 11.3 Å². The van der Waals surface area contributed by atoms with Gasteiger partial charge in [-0.3, -0.25) is 9.59 Å². The SMILES string of the molecule is COC(=O)C(C(=O)OC)[C@@H]1O[C@@]23COCC[C@]2(C)[C@@H]3c2ccccc21. The van der Waals surface area contributed by atoms with Crippen molar-refractivity contribution in [3.63, 3.8) is 0 Å². The first-order valence-corrected chi connectivity index (χ1v) is 8.50. The zero-order chi connectivity index (χ0) is 17.8. The smallest absolute Gasteiger partial charge is 0.323 e. The van der Waals surface area contributed by atoms with Gasteiger partial charge in [0.15, 0.2) is 5.92 Å². The highest BCUT2D eigenvalue weighted by Crippen LogP contribution is 2.76. The predicted molar refractivity (Wildman–Crippen MR) is 86.8 cm³/mol. The van der Waals surface area contributed by atoms with E-state index in [1.54, 1.807) is 0 Å². The average Bonchev–Trinajstić information content (AvgIpc) is 3.21. The highest BCUT2D eigenvalue weighted by Gasteiger charge is 2.79. The Hall–Kier alpha value is -1.92. The molecule has 0 radical (unpaired) electrons. The van der Waals surface area contributed by atoms with Crippen LogP contribution in [0.5, 0.6) is 0 Å². The minimum absolute atomic E-state index is 0.0487. The van der Waals surface area contributed by atoms with Gasteiger partial charge in [-0.05, 0) is 17.5 Å². The molecule has 2 fully saturated rings. The van der Waals surface area contributed by atoms with Crippen LogP contribution < -0.4 is 0 Å². The molecule has 2 heterocycles. The number of carbonyl (C=O) groups is 2. The average molecular weight is 346 g/mol. The van der Waals surface area contributed by atoms with Crippen LogP contribution in [-0.2, 0) is 28.5 Å². The van der Waals surface area contributed by atoms with Crippen molar-refractivity contribution < 1.29 is 28.5 Å². The molecule has 1 saturated carbocycles. The second-order valence-corrected chi connectivity index (χ2v) is 7.23. The molecule has 1 saturated heterocycles. The van der Waals surface area contributed by atoms with Gasteiger partial charge >= 0.3 is 11.9 Å². The molecule has 0 aromatic heterocycles. The van der Waals surface area contributed by atoms with Gasteiger partial charge in [0.25, 0.3) is 0 Å². The monoisotopic (exact) mass is 346 g/mol. The quantitative estimate of drug-likeness (QED) is 0.616. The highest BCUT2D eigenvalue weighted by atomic mass is 16.6. The first kappa shape index (κ1) is 16.5. The predicted octanol–water partition coefficient (Wildman–Crippen LogP) is 1.98. The van der Waals surface area contributed by atoms with Crippen LogP contribution >= 0.6 is 0 Å². The molecule has 0 unspecified atom stereocenters. The molecule has 3 aliphatic rings. The van der Waals surface area contributed by atoms with Crippen LogP contribution in [0.15, 0.2) is 24.3 Å². The lowest BCUT2D eigenvalue weighted by atomic mass is 9.87. The van der Waals surface area contributed by atoms with Gasteiger partial charge in [0.2, 0.25) is 0 Å². The molecule has 0 bridgehead atoms. The zero-order valence-corrected chi connectivity index (χ0v) is 14.6. The largest absolute Gasteiger partial charge is 0.468 e. The third kappa shape index (κ3) is 2.04. The van der Waals surface area contributed by atoms with E-state index in [9.17, 15) is 9.59 Å². The fraction of sp³-hybridized carbons (Fsp3) is 0.579. The molecule has 1 spiro atoms. The molecule has 1 aromatic carbocycles. The Kier molecular flexibility index (Phi) is 3.67. The molecule has 0 N–H and O–H groups in total. The van der Waals surface area contributed by atoms with Gasteiger partial charge in [-0.15, -0.1) is 0 Å². The summed E-state index contributed by atoms with van der Waals surface area (Å²) in [5.74, 6) is -2.25. The minimum atomic E-state index is -1.15. The molecule has 134 valence electrons. The maximum Gasteiger partial charge on any atom is 0.323 e. The summed E-state index contributed by atoms with van der Waals surface area (Å²) in [6.45, 7) is 3.36. The zero-order valence-electron chi connectivity index (χ0n) is 14.6. The van der Waals surface area contributed by atoms with Crippen molar-refractivity contribution in [3.05, 3.63) is 35.4 Å². The first-order chi connectivity index (χ1) is 12.0. The van der Waals surface area contributed by atoms with E-state index in [4.69, 9.17) is 18.9 Å². The lowest BCUT2D eigenvalue weighted by molar-refractivity contribution is -0.180. The van der Waals surface area contributed by atoms with E-state index in [0.717, 1.165) is 17.5 Å².